The van der Waals surface area contributed by atoms with Crippen LogP contribution in [0.15, 0.2) is 0 Å². The van der Waals surface area contributed by atoms with Crippen LogP contribution in [0.4, 0.5) is 0 Å². The predicted molar refractivity (Wildman–Crippen MR) is 45.0 cm³/mol. The van der Waals surface area contributed by atoms with Gasteiger partial charge in [0.25, 0.3) is 0 Å². The topological polar surface area (TPSA) is 26.0 Å². The molecule has 0 aliphatic carbocycles. The third-order valence-electron chi connectivity index (χ3n) is 1.93. The van der Waals surface area contributed by atoms with E-state index >= 15 is 0 Å². The molecule has 2 N–H and O–H groups in total. The minimum absolute atomic E-state index is 0.942. The first-order chi connectivity index (χ1) is 3.25. The molecule has 0 radical (unpaired) electrons. The Labute approximate surface area is 54.2 Å². The van der Waals surface area contributed by atoms with E-state index in [1.54, 1.807) is 0 Å². The van der Waals surface area contributed by atoms with E-state index < -0.39 is 15.3 Å². The molecule has 0 aliphatic heterocycles. The summed E-state index contributed by atoms with van der Waals surface area (Å²) < 4.78 is 0. The average molecular weight is 147 g/mol. The van der Waals surface area contributed by atoms with E-state index in [0.29, 0.717) is 0 Å². The zero-order valence-electron chi connectivity index (χ0n) is 6.58. The molecule has 0 atom stereocenters. The molecule has 1 nitrogen and oxygen atoms in total. The van der Waals surface area contributed by atoms with E-state index in [1.807, 2.05) is 0 Å². The van der Waals surface area contributed by atoms with Crippen LogP contribution in [0.3, 0.4) is 0 Å². The van der Waals surface area contributed by atoms with Crippen molar-refractivity contribution >= 4 is 15.3 Å². The van der Waals surface area contributed by atoms with E-state index in [0.717, 1.165) is 0 Å². The molecule has 0 aromatic rings. The smallest absolute Gasteiger partial charge is 0.106 e. The minimum Gasteiger partial charge on any atom is -0.353 e. The fraction of sp³-hybridized carbons (Fsp3) is 1.00. The highest BCUT2D eigenvalue weighted by Gasteiger charge is 2.32. The van der Waals surface area contributed by atoms with Crippen molar-refractivity contribution < 1.29 is 0 Å². The summed E-state index contributed by atoms with van der Waals surface area (Å²) in [6, 6.07) is 0. The molecule has 0 unspecified atom stereocenters. The molecule has 0 aromatic carbocycles. The first kappa shape index (κ1) is 8.39. The van der Waals surface area contributed by atoms with Crippen LogP contribution in [0, 0.1) is 0 Å². The van der Waals surface area contributed by atoms with Gasteiger partial charge < -0.3 is 5.40 Å². The third-order valence-corrected chi connectivity index (χ3v) is 17.4. The molecule has 0 spiro atoms. The molecular weight excluding hydrogens is 130 g/mol. The lowest BCUT2D eigenvalue weighted by molar-refractivity contribution is 1.62. The second-order valence-electron chi connectivity index (χ2n) is 3.97. The first-order valence-electron chi connectivity index (χ1n) is 3.04. The van der Waals surface area contributed by atoms with Crippen molar-refractivity contribution in [1.82, 2.24) is 0 Å². The van der Waals surface area contributed by atoms with Crippen LogP contribution in [0.1, 0.15) is 0 Å². The second-order valence-corrected chi connectivity index (χ2v) is 20.3. The van der Waals surface area contributed by atoms with E-state index in [2.05, 4.69) is 32.7 Å². The highest BCUT2D eigenvalue weighted by Crippen LogP contribution is 2.11. The molecule has 0 aromatic heterocycles. The Morgan fingerprint density at radius 2 is 1.00 bits per heavy atom. The summed E-state index contributed by atoms with van der Waals surface area (Å²) in [7, 11) is -2.16. The van der Waals surface area contributed by atoms with Crippen molar-refractivity contribution in [1.29, 1.82) is 0 Å². The molecule has 0 heterocycles. The number of rotatable bonds is 1. The molecule has 0 amide bonds. The van der Waals surface area contributed by atoms with Crippen LogP contribution < -0.4 is 5.40 Å². The van der Waals surface area contributed by atoms with Gasteiger partial charge in [0.15, 0.2) is 0 Å². The van der Waals surface area contributed by atoms with Gasteiger partial charge in [0, 0.05) is 0 Å². The van der Waals surface area contributed by atoms with Gasteiger partial charge in [-0.3, -0.25) is 0 Å². The van der Waals surface area contributed by atoms with Gasteiger partial charge >= 0.3 is 0 Å². The van der Waals surface area contributed by atoms with E-state index in [1.165, 1.54) is 0 Å². The molecule has 0 saturated carbocycles. The van der Waals surface area contributed by atoms with Crippen LogP contribution in [0.2, 0.25) is 32.7 Å². The summed E-state index contributed by atoms with van der Waals surface area (Å²) in [6.45, 7) is 11.5. The van der Waals surface area contributed by atoms with Crippen LogP contribution in [0.5, 0.6) is 0 Å². The van der Waals surface area contributed by atoms with Crippen molar-refractivity contribution in [2.24, 2.45) is 5.40 Å². The standard InChI is InChI=1S/C5H17NSi2/c1-7(2,3)8(4,5)6/h6H2,1-5H3. The second kappa shape index (κ2) is 1.97. The Kier molecular flexibility index (Phi) is 2.06. The molecular formula is C5H17NSi2. The summed E-state index contributed by atoms with van der Waals surface area (Å²) in [6.07, 6.45) is 0. The van der Waals surface area contributed by atoms with Crippen LogP contribution in [0.25, 0.3) is 0 Å². The van der Waals surface area contributed by atoms with Gasteiger partial charge in [0.1, 0.15) is 7.75 Å². The SMILES string of the molecule is C[Si](C)(C)[Si](C)(C)N. The van der Waals surface area contributed by atoms with Gasteiger partial charge in [-0.2, -0.15) is 0 Å². The predicted octanol–water partition coefficient (Wildman–Crippen LogP) is 1.57. The van der Waals surface area contributed by atoms with Gasteiger partial charge in [0.05, 0.1) is 7.59 Å². The van der Waals surface area contributed by atoms with Gasteiger partial charge in [-0.25, -0.2) is 0 Å². The zero-order chi connectivity index (χ0) is 7.00. The summed E-state index contributed by atoms with van der Waals surface area (Å²) in [5.41, 5.74) is 0. The molecule has 0 fully saturated rings. The Morgan fingerprint density at radius 1 is 0.875 bits per heavy atom. The molecule has 0 aliphatic rings. The van der Waals surface area contributed by atoms with Crippen molar-refractivity contribution in [3.05, 3.63) is 0 Å². The summed E-state index contributed by atoms with van der Waals surface area (Å²) >= 11 is 0. The Hall–Kier alpha value is 0.394. The highest BCUT2D eigenvalue weighted by molar-refractivity contribution is 7.39. The monoisotopic (exact) mass is 147 g/mol. The fourth-order valence-corrected chi connectivity index (χ4v) is 0. The van der Waals surface area contributed by atoms with E-state index in [4.69, 9.17) is 5.40 Å². The van der Waals surface area contributed by atoms with Crippen LogP contribution in [-0.4, -0.2) is 15.3 Å². The third kappa shape index (κ3) is 2.11. The molecule has 50 valence electrons. The van der Waals surface area contributed by atoms with Crippen molar-refractivity contribution in [2.75, 3.05) is 0 Å². The maximum atomic E-state index is 6.01. The Balaban J connectivity index is 4.02. The average Bonchev–Trinajstić information content (AvgIpc) is 1.25. The van der Waals surface area contributed by atoms with Crippen molar-refractivity contribution in [3.63, 3.8) is 0 Å². The van der Waals surface area contributed by atoms with Gasteiger partial charge in [-0.1, -0.05) is 32.7 Å². The van der Waals surface area contributed by atoms with Gasteiger partial charge in [0.2, 0.25) is 0 Å². The van der Waals surface area contributed by atoms with Crippen molar-refractivity contribution in [3.8, 4) is 0 Å². The quantitative estimate of drug-likeness (QED) is 0.560. The summed E-state index contributed by atoms with van der Waals surface area (Å²) in [4.78, 5) is 0. The number of nitrogens with two attached hydrogens (primary N) is 1. The Morgan fingerprint density at radius 3 is 1.00 bits per heavy atom. The first-order valence-corrected chi connectivity index (χ1v) is 10.6. The van der Waals surface area contributed by atoms with Crippen LogP contribution >= 0.6 is 0 Å². The fourth-order valence-electron chi connectivity index (χ4n) is 0. The number of hydrogen-bond acceptors (Lipinski definition) is 1. The maximum absolute atomic E-state index is 6.01. The molecule has 0 rings (SSSR count). The van der Waals surface area contributed by atoms with E-state index in [-0.39, 0.29) is 0 Å². The van der Waals surface area contributed by atoms with Gasteiger partial charge in [-0.05, 0) is 0 Å². The lowest BCUT2D eigenvalue weighted by Gasteiger charge is -2.30. The lowest BCUT2D eigenvalue weighted by atomic mass is 11.8. The summed E-state index contributed by atoms with van der Waals surface area (Å²) in [5.74, 6) is 0. The normalized spacial score (nSPS) is 14.2. The van der Waals surface area contributed by atoms with Gasteiger partial charge in [-0.15, -0.1) is 0 Å². The largest absolute Gasteiger partial charge is 0.353 e. The van der Waals surface area contributed by atoms with E-state index in [9.17, 15) is 0 Å². The zero-order valence-corrected chi connectivity index (χ0v) is 8.58. The highest BCUT2D eigenvalue weighted by atomic mass is 29.3. The molecule has 0 saturated heterocycles. The maximum Gasteiger partial charge on any atom is 0.106 e. The Bertz CT molecular complexity index is 65.4. The molecule has 0 bridgehead atoms. The minimum atomic E-state index is -1.22. The molecule has 3 heteroatoms. The molecule has 8 heavy (non-hydrogen) atoms. The summed E-state index contributed by atoms with van der Waals surface area (Å²) in [5, 5.41) is 6.01. The van der Waals surface area contributed by atoms with Crippen molar-refractivity contribution in [2.45, 2.75) is 32.7 Å². The van der Waals surface area contributed by atoms with Crippen LogP contribution in [-0.2, 0) is 0 Å². The number of hydrogen-bond donors (Lipinski definition) is 1. The lowest BCUT2D eigenvalue weighted by Crippen LogP contribution is -2.60.